The molecule has 0 saturated heterocycles. The van der Waals surface area contributed by atoms with Crippen molar-refractivity contribution in [1.29, 1.82) is 0 Å². The number of ether oxygens (including phenoxy) is 2. The van der Waals surface area contributed by atoms with Gasteiger partial charge in [-0.2, -0.15) is 0 Å². The van der Waals surface area contributed by atoms with Gasteiger partial charge in [0.05, 0.1) is 20.3 Å². The van der Waals surface area contributed by atoms with Crippen LogP contribution in [0.3, 0.4) is 0 Å². The smallest absolute Gasteiger partial charge is 0.163 e. The highest BCUT2D eigenvalue weighted by Crippen LogP contribution is 2.33. The Morgan fingerprint density at radius 3 is 2.24 bits per heavy atom. The van der Waals surface area contributed by atoms with Crippen LogP contribution in [0, 0.1) is 11.6 Å². The van der Waals surface area contributed by atoms with Gasteiger partial charge in [-0.15, -0.1) is 0 Å². The molecule has 0 amide bonds. The quantitative estimate of drug-likeness (QED) is 0.920. The maximum absolute atomic E-state index is 14.0. The predicted molar refractivity (Wildman–Crippen MR) is 74.6 cm³/mol. The van der Waals surface area contributed by atoms with E-state index < -0.39 is 17.7 Å². The van der Waals surface area contributed by atoms with Crippen molar-refractivity contribution in [3.63, 3.8) is 0 Å². The molecule has 2 aromatic carbocycles. The molecule has 2 aromatic rings. The van der Waals surface area contributed by atoms with E-state index in [4.69, 9.17) is 9.47 Å². The van der Waals surface area contributed by atoms with Crippen LogP contribution >= 0.6 is 0 Å². The molecule has 0 aliphatic rings. The van der Waals surface area contributed by atoms with Crippen molar-refractivity contribution in [1.82, 2.24) is 0 Å². The van der Waals surface area contributed by atoms with Gasteiger partial charge in [-0.05, 0) is 17.7 Å². The third-order valence-corrected chi connectivity index (χ3v) is 3.23. The van der Waals surface area contributed by atoms with Gasteiger partial charge >= 0.3 is 0 Å². The number of aliphatic hydroxyl groups is 1. The Balaban J connectivity index is 2.31. The van der Waals surface area contributed by atoms with E-state index in [1.807, 2.05) is 0 Å². The molecule has 112 valence electrons. The Morgan fingerprint density at radius 2 is 1.62 bits per heavy atom. The first-order valence-electron chi connectivity index (χ1n) is 6.39. The van der Waals surface area contributed by atoms with Crippen LogP contribution < -0.4 is 9.47 Å². The summed E-state index contributed by atoms with van der Waals surface area (Å²) in [5.74, 6) is -0.521. The van der Waals surface area contributed by atoms with E-state index in [0.717, 1.165) is 6.07 Å². The van der Waals surface area contributed by atoms with Gasteiger partial charge in [-0.1, -0.05) is 18.2 Å². The topological polar surface area (TPSA) is 38.7 Å². The van der Waals surface area contributed by atoms with Gasteiger partial charge in [0.1, 0.15) is 11.6 Å². The number of aliphatic hydroxyl groups excluding tert-OH is 1. The summed E-state index contributed by atoms with van der Waals surface area (Å²) in [5, 5.41) is 10.2. The van der Waals surface area contributed by atoms with Crippen molar-refractivity contribution >= 4 is 0 Å². The summed E-state index contributed by atoms with van der Waals surface area (Å²) in [4.78, 5) is 0. The molecule has 1 atom stereocenters. The van der Waals surface area contributed by atoms with Gasteiger partial charge in [0.25, 0.3) is 0 Å². The van der Waals surface area contributed by atoms with Crippen molar-refractivity contribution in [3.8, 4) is 11.5 Å². The van der Waals surface area contributed by atoms with Gasteiger partial charge in [0.2, 0.25) is 0 Å². The molecule has 0 bridgehead atoms. The Hall–Kier alpha value is -2.14. The first-order chi connectivity index (χ1) is 10.1. The number of halogens is 2. The first kappa shape index (κ1) is 15.3. The summed E-state index contributed by atoms with van der Waals surface area (Å²) >= 11 is 0. The number of rotatable bonds is 5. The molecule has 1 N–H and O–H groups in total. The van der Waals surface area contributed by atoms with E-state index in [0.29, 0.717) is 11.3 Å². The summed E-state index contributed by atoms with van der Waals surface area (Å²) in [5.41, 5.74) is 0.357. The zero-order chi connectivity index (χ0) is 15.4. The van der Waals surface area contributed by atoms with E-state index in [2.05, 4.69) is 0 Å². The van der Waals surface area contributed by atoms with Crippen LogP contribution in [-0.4, -0.2) is 19.3 Å². The van der Waals surface area contributed by atoms with Crippen LogP contribution in [0.15, 0.2) is 36.4 Å². The Labute approximate surface area is 121 Å². The lowest BCUT2D eigenvalue weighted by Gasteiger charge is -2.15. The fourth-order valence-electron chi connectivity index (χ4n) is 2.11. The lowest BCUT2D eigenvalue weighted by atomic mass is 10.00. The monoisotopic (exact) mass is 294 g/mol. The molecule has 0 saturated carbocycles. The molecule has 3 nitrogen and oxygen atoms in total. The molecule has 1 unspecified atom stereocenters. The number of hydrogen-bond donors (Lipinski definition) is 1. The summed E-state index contributed by atoms with van der Waals surface area (Å²) in [7, 11) is 2.82. The number of methoxy groups -OCH3 is 2. The van der Waals surface area contributed by atoms with E-state index in [1.54, 1.807) is 18.2 Å². The average molecular weight is 294 g/mol. The van der Waals surface area contributed by atoms with Crippen LogP contribution in [0.25, 0.3) is 0 Å². The van der Waals surface area contributed by atoms with Gasteiger partial charge in [0.15, 0.2) is 11.5 Å². The zero-order valence-corrected chi connectivity index (χ0v) is 11.8. The van der Waals surface area contributed by atoms with Gasteiger partial charge in [-0.3, -0.25) is 0 Å². The highest BCUT2D eigenvalue weighted by Gasteiger charge is 2.19. The predicted octanol–water partition coefficient (Wildman–Crippen LogP) is 3.26. The Kier molecular flexibility index (Phi) is 4.75. The van der Waals surface area contributed by atoms with Gasteiger partial charge in [0, 0.05) is 18.1 Å². The van der Waals surface area contributed by atoms with Crippen molar-refractivity contribution in [3.05, 3.63) is 59.2 Å². The molecular weight excluding hydrogens is 278 g/mol. The Bertz CT molecular complexity index is 629. The van der Waals surface area contributed by atoms with Crippen molar-refractivity contribution in [2.45, 2.75) is 12.5 Å². The van der Waals surface area contributed by atoms with E-state index in [-0.39, 0.29) is 17.7 Å². The van der Waals surface area contributed by atoms with E-state index in [1.165, 1.54) is 26.4 Å². The lowest BCUT2D eigenvalue weighted by Crippen LogP contribution is -2.07. The second kappa shape index (κ2) is 6.54. The summed E-state index contributed by atoms with van der Waals surface area (Å²) in [6, 6.07) is 8.57. The van der Waals surface area contributed by atoms with Crippen LogP contribution in [0.4, 0.5) is 8.78 Å². The molecule has 0 aromatic heterocycles. The first-order valence-corrected chi connectivity index (χ1v) is 6.39. The highest BCUT2D eigenvalue weighted by molar-refractivity contribution is 5.44. The molecular formula is C16H16F2O3. The summed E-state index contributed by atoms with van der Waals surface area (Å²) < 4.78 is 37.7. The largest absolute Gasteiger partial charge is 0.493 e. The SMILES string of the molecule is COc1cc(F)c(C(O)Cc2ccccc2F)cc1OC. The maximum atomic E-state index is 14.0. The van der Waals surface area contributed by atoms with Crippen molar-refractivity contribution in [2.75, 3.05) is 14.2 Å². The van der Waals surface area contributed by atoms with Gasteiger partial charge in [-0.25, -0.2) is 8.78 Å². The van der Waals surface area contributed by atoms with Gasteiger partial charge < -0.3 is 14.6 Å². The molecule has 0 spiro atoms. The van der Waals surface area contributed by atoms with Crippen LogP contribution in [0.5, 0.6) is 11.5 Å². The molecule has 0 heterocycles. The Morgan fingerprint density at radius 1 is 1.00 bits per heavy atom. The third kappa shape index (κ3) is 3.31. The van der Waals surface area contributed by atoms with Crippen molar-refractivity contribution in [2.24, 2.45) is 0 Å². The fourth-order valence-corrected chi connectivity index (χ4v) is 2.11. The highest BCUT2D eigenvalue weighted by atomic mass is 19.1. The van der Waals surface area contributed by atoms with E-state index >= 15 is 0 Å². The van der Waals surface area contributed by atoms with Crippen LogP contribution in [0.2, 0.25) is 0 Å². The summed E-state index contributed by atoms with van der Waals surface area (Å²) in [6.45, 7) is 0. The molecule has 21 heavy (non-hydrogen) atoms. The minimum absolute atomic E-state index is 0.0287. The second-order valence-corrected chi connectivity index (χ2v) is 4.54. The average Bonchev–Trinajstić information content (AvgIpc) is 2.49. The molecule has 5 heteroatoms. The summed E-state index contributed by atoms with van der Waals surface area (Å²) in [6.07, 6.45) is -1.21. The van der Waals surface area contributed by atoms with Crippen LogP contribution in [-0.2, 0) is 6.42 Å². The number of hydrogen-bond acceptors (Lipinski definition) is 3. The molecule has 0 radical (unpaired) electrons. The second-order valence-electron chi connectivity index (χ2n) is 4.54. The molecule has 0 aliphatic heterocycles. The number of benzene rings is 2. The molecule has 0 fully saturated rings. The third-order valence-electron chi connectivity index (χ3n) is 3.23. The fraction of sp³-hybridized carbons (Fsp3) is 0.250. The standard InChI is InChI=1S/C16H16F2O3/c1-20-15-8-11(13(18)9-16(15)21-2)14(19)7-10-5-3-4-6-12(10)17/h3-6,8-9,14,19H,7H2,1-2H3. The minimum Gasteiger partial charge on any atom is -0.493 e. The minimum atomic E-state index is -1.18. The maximum Gasteiger partial charge on any atom is 0.163 e. The van der Waals surface area contributed by atoms with Crippen molar-refractivity contribution < 1.29 is 23.4 Å². The lowest BCUT2D eigenvalue weighted by molar-refractivity contribution is 0.171. The normalized spacial score (nSPS) is 12.0. The van der Waals surface area contributed by atoms with Crippen LogP contribution in [0.1, 0.15) is 17.2 Å². The van der Waals surface area contributed by atoms with E-state index in [9.17, 15) is 13.9 Å². The molecule has 0 aliphatic carbocycles. The zero-order valence-electron chi connectivity index (χ0n) is 11.8. The molecule has 2 rings (SSSR count).